The van der Waals surface area contributed by atoms with E-state index in [1.807, 2.05) is 69.3 Å². The second kappa shape index (κ2) is 8.99. The van der Waals surface area contributed by atoms with E-state index in [4.69, 9.17) is 4.74 Å². The molecule has 3 rings (SSSR count). The molecule has 0 saturated carbocycles. The predicted octanol–water partition coefficient (Wildman–Crippen LogP) is 4.69. The Kier molecular flexibility index (Phi) is 6.22. The van der Waals surface area contributed by atoms with Crippen molar-refractivity contribution in [1.82, 2.24) is 9.97 Å². The third-order valence-electron chi connectivity index (χ3n) is 4.03. The number of carbonyl (C=O) groups excluding carboxylic acids is 1. The monoisotopic (exact) mass is 376 g/mol. The maximum absolute atomic E-state index is 12.7. The summed E-state index contributed by atoms with van der Waals surface area (Å²) in [4.78, 5) is 21.2. The quantitative estimate of drug-likeness (QED) is 0.626. The van der Waals surface area contributed by atoms with E-state index in [0.717, 1.165) is 5.56 Å². The van der Waals surface area contributed by atoms with Gasteiger partial charge in [0, 0.05) is 6.20 Å². The lowest BCUT2D eigenvalue weighted by molar-refractivity contribution is 0.102. The minimum absolute atomic E-state index is 0.00683. The molecule has 0 bridgehead atoms. The van der Waals surface area contributed by atoms with E-state index in [-0.39, 0.29) is 23.7 Å². The molecule has 6 heteroatoms. The zero-order valence-electron chi connectivity index (χ0n) is 16.2. The van der Waals surface area contributed by atoms with Crippen molar-refractivity contribution in [2.75, 3.05) is 10.6 Å². The zero-order valence-corrected chi connectivity index (χ0v) is 16.2. The maximum atomic E-state index is 12.7. The Morgan fingerprint density at radius 3 is 2.43 bits per heavy atom. The third-order valence-corrected chi connectivity index (χ3v) is 4.03. The molecule has 1 amide bonds. The molecule has 1 atom stereocenters. The van der Waals surface area contributed by atoms with E-state index in [9.17, 15) is 4.79 Å². The molecule has 1 aromatic heterocycles. The first kappa shape index (κ1) is 19.4. The minimum Gasteiger partial charge on any atom is -0.489 e. The van der Waals surface area contributed by atoms with Crippen LogP contribution in [0.2, 0.25) is 0 Å². The number of aromatic nitrogens is 2. The molecule has 0 aliphatic heterocycles. The van der Waals surface area contributed by atoms with Crippen LogP contribution in [0.1, 0.15) is 42.9 Å². The van der Waals surface area contributed by atoms with Crippen molar-refractivity contribution in [3.63, 3.8) is 0 Å². The van der Waals surface area contributed by atoms with Gasteiger partial charge in [0.1, 0.15) is 11.4 Å². The van der Waals surface area contributed by atoms with Crippen molar-refractivity contribution in [1.29, 1.82) is 0 Å². The summed E-state index contributed by atoms with van der Waals surface area (Å²) in [7, 11) is 0. The van der Waals surface area contributed by atoms with Gasteiger partial charge in [-0.3, -0.25) is 4.79 Å². The summed E-state index contributed by atoms with van der Waals surface area (Å²) in [6.45, 7) is 5.90. The van der Waals surface area contributed by atoms with Crippen molar-refractivity contribution < 1.29 is 9.53 Å². The first-order chi connectivity index (χ1) is 13.5. The van der Waals surface area contributed by atoms with E-state index in [1.165, 1.54) is 0 Å². The van der Waals surface area contributed by atoms with Crippen molar-refractivity contribution in [3.05, 3.63) is 78.1 Å². The minimum atomic E-state index is -0.322. The molecule has 3 aromatic rings. The number of hydrogen-bond donors (Lipinski definition) is 2. The molecule has 0 saturated heterocycles. The average Bonchev–Trinajstić information content (AvgIpc) is 2.70. The van der Waals surface area contributed by atoms with Crippen molar-refractivity contribution in [2.24, 2.45) is 0 Å². The molecule has 0 fully saturated rings. The highest BCUT2D eigenvalue weighted by molar-refractivity contribution is 6.03. The summed E-state index contributed by atoms with van der Waals surface area (Å²) < 4.78 is 5.75. The van der Waals surface area contributed by atoms with Gasteiger partial charge in [0.05, 0.1) is 17.8 Å². The maximum Gasteiger partial charge on any atom is 0.274 e. The molecule has 1 heterocycles. The van der Waals surface area contributed by atoms with Gasteiger partial charge in [-0.15, -0.1) is 0 Å². The highest BCUT2D eigenvalue weighted by Crippen LogP contribution is 2.25. The van der Waals surface area contributed by atoms with Crippen LogP contribution in [0.3, 0.4) is 0 Å². The summed E-state index contributed by atoms with van der Waals surface area (Å²) in [6, 6.07) is 18.9. The number of carbonyl (C=O) groups is 1. The molecule has 1 unspecified atom stereocenters. The van der Waals surface area contributed by atoms with Crippen LogP contribution in [0.15, 0.2) is 66.9 Å². The van der Waals surface area contributed by atoms with Gasteiger partial charge in [-0.05, 0) is 44.5 Å². The van der Waals surface area contributed by atoms with Gasteiger partial charge in [-0.1, -0.05) is 42.5 Å². The topological polar surface area (TPSA) is 76.1 Å². The molecule has 0 radical (unpaired) electrons. The molecule has 28 heavy (non-hydrogen) atoms. The van der Waals surface area contributed by atoms with Crippen LogP contribution in [-0.4, -0.2) is 22.0 Å². The standard InChI is InChI=1S/C22H24N4O2/c1-15(2)28-20-12-8-7-11-18(20)25-21(27)19-13-14-23-22(26-19)24-16(3)17-9-5-4-6-10-17/h4-16H,1-3H3,(H,25,27)(H,23,24,26). The SMILES string of the molecule is CC(C)Oc1ccccc1NC(=O)c1ccnc(NC(C)c2ccccc2)n1. The van der Waals surface area contributed by atoms with E-state index in [2.05, 4.69) is 20.6 Å². The van der Waals surface area contributed by atoms with Gasteiger partial charge in [-0.2, -0.15) is 0 Å². The number of benzene rings is 2. The first-order valence-corrected chi connectivity index (χ1v) is 9.24. The van der Waals surface area contributed by atoms with Crippen LogP contribution >= 0.6 is 0 Å². The summed E-state index contributed by atoms with van der Waals surface area (Å²) in [5.74, 6) is 0.698. The molecular weight excluding hydrogens is 352 g/mol. The Hall–Kier alpha value is -3.41. The molecule has 0 aliphatic carbocycles. The number of nitrogens with one attached hydrogen (secondary N) is 2. The number of para-hydroxylation sites is 2. The Morgan fingerprint density at radius 2 is 1.68 bits per heavy atom. The van der Waals surface area contributed by atoms with Crippen LogP contribution in [0, 0.1) is 0 Å². The Bertz CT molecular complexity index is 929. The average molecular weight is 376 g/mol. The van der Waals surface area contributed by atoms with Crippen LogP contribution in [0.4, 0.5) is 11.6 Å². The Morgan fingerprint density at radius 1 is 0.964 bits per heavy atom. The fraction of sp³-hybridized carbons (Fsp3) is 0.227. The van der Waals surface area contributed by atoms with Crippen molar-refractivity contribution in [2.45, 2.75) is 32.9 Å². The smallest absolute Gasteiger partial charge is 0.274 e. The van der Waals surface area contributed by atoms with Gasteiger partial charge in [0.15, 0.2) is 0 Å². The van der Waals surface area contributed by atoms with Crippen LogP contribution in [0.5, 0.6) is 5.75 Å². The highest BCUT2D eigenvalue weighted by Gasteiger charge is 2.14. The number of hydrogen-bond acceptors (Lipinski definition) is 5. The second-order valence-electron chi connectivity index (χ2n) is 6.66. The summed E-state index contributed by atoms with van der Waals surface area (Å²) in [5, 5.41) is 6.09. The van der Waals surface area contributed by atoms with Crippen LogP contribution in [-0.2, 0) is 0 Å². The zero-order chi connectivity index (χ0) is 19.9. The normalized spacial score (nSPS) is 11.7. The Labute approximate surface area is 165 Å². The van der Waals surface area contributed by atoms with E-state index < -0.39 is 0 Å². The van der Waals surface area contributed by atoms with E-state index >= 15 is 0 Å². The largest absolute Gasteiger partial charge is 0.489 e. The van der Waals surface area contributed by atoms with Crippen LogP contribution < -0.4 is 15.4 Å². The van der Waals surface area contributed by atoms with Crippen molar-refractivity contribution >= 4 is 17.5 Å². The first-order valence-electron chi connectivity index (χ1n) is 9.24. The summed E-state index contributed by atoms with van der Waals surface area (Å²) >= 11 is 0. The molecule has 6 nitrogen and oxygen atoms in total. The highest BCUT2D eigenvalue weighted by atomic mass is 16.5. The van der Waals surface area contributed by atoms with Crippen LogP contribution in [0.25, 0.3) is 0 Å². The Balaban J connectivity index is 1.73. The molecular formula is C22H24N4O2. The lowest BCUT2D eigenvalue weighted by Gasteiger charge is -2.16. The molecule has 2 aromatic carbocycles. The molecule has 2 N–H and O–H groups in total. The summed E-state index contributed by atoms with van der Waals surface area (Å²) in [6.07, 6.45) is 1.57. The fourth-order valence-corrected chi connectivity index (χ4v) is 2.69. The van der Waals surface area contributed by atoms with Gasteiger partial charge in [0.2, 0.25) is 5.95 Å². The number of anilines is 2. The van der Waals surface area contributed by atoms with E-state index in [0.29, 0.717) is 17.4 Å². The van der Waals surface area contributed by atoms with Gasteiger partial charge in [0.25, 0.3) is 5.91 Å². The lowest BCUT2D eigenvalue weighted by Crippen LogP contribution is -2.17. The van der Waals surface area contributed by atoms with Gasteiger partial charge >= 0.3 is 0 Å². The third kappa shape index (κ3) is 5.07. The van der Waals surface area contributed by atoms with E-state index in [1.54, 1.807) is 18.3 Å². The number of ether oxygens (including phenoxy) is 1. The molecule has 144 valence electrons. The van der Waals surface area contributed by atoms with Gasteiger partial charge < -0.3 is 15.4 Å². The lowest BCUT2D eigenvalue weighted by atomic mass is 10.1. The fourth-order valence-electron chi connectivity index (χ4n) is 2.69. The van der Waals surface area contributed by atoms with Crippen molar-refractivity contribution in [3.8, 4) is 5.75 Å². The van der Waals surface area contributed by atoms with Gasteiger partial charge in [-0.25, -0.2) is 9.97 Å². The second-order valence-corrected chi connectivity index (χ2v) is 6.66. The predicted molar refractivity (Wildman–Crippen MR) is 111 cm³/mol. The molecule has 0 aliphatic rings. The number of amides is 1. The molecule has 0 spiro atoms. The number of nitrogens with zero attached hydrogens (tertiary/aromatic N) is 2. The summed E-state index contributed by atoms with van der Waals surface area (Å²) in [5.41, 5.74) is 1.99. The number of rotatable bonds is 7.